The molecule has 19 heavy (non-hydrogen) atoms. The molecule has 0 aromatic carbocycles. The van der Waals surface area contributed by atoms with E-state index in [-0.39, 0.29) is 0 Å². The van der Waals surface area contributed by atoms with Crippen LogP contribution < -0.4 is 0 Å². The first-order valence-electron chi connectivity index (χ1n) is 7.34. The van der Waals surface area contributed by atoms with Crippen molar-refractivity contribution in [1.29, 1.82) is 0 Å². The summed E-state index contributed by atoms with van der Waals surface area (Å²) < 4.78 is 0. The maximum atomic E-state index is 3.88. The molecular formula is C17H32Si2. The molecule has 0 aliphatic rings. The van der Waals surface area contributed by atoms with Crippen molar-refractivity contribution in [2.45, 2.75) is 65.0 Å². The molecule has 0 heterocycles. The summed E-state index contributed by atoms with van der Waals surface area (Å²) in [5.74, 6) is 0. The Bertz CT molecular complexity index is 350. The van der Waals surface area contributed by atoms with E-state index in [4.69, 9.17) is 0 Å². The molecule has 2 heteroatoms. The van der Waals surface area contributed by atoms with Gasteiger partial charge in [-0.05, 0) is 32.3 Å². The van der Waals surface area contributed by atoms with Crippen LogP contribution in [0.2, 0.25) is 38.3 Å². The normalized spacial score (nSPS) is 11.7. The molecule has 108 valence electrons. The van der Waals surface area contributed by atoms with Gasteiger partial charge in [-0.1, -0.05) is 55.2 Å². The molecule has 0 nitrogen and oxygen atoms in total. The molecule has 0 atom stereocenters. The van der Waals surface area contributed by atoms with Crippen LogP contribution in [0.15, 0.2) is 41.4 Å². The molecule has 0 N–H and O–H groups in total. The molecule has 0 aliphatic carbocycles. The van der Waals surface area contributed by atoms with Gasteiger partial charge in [0.2, 0.25) is 0 Å². The van der Waals surface area contributed by atoms with Crippen molar-refractivity contribution in [3.8, 4) is 0 Å². The smallest absolute Gasteiger partial charge is 0.0806 e. The highest BCUT2D eigenvalue weighted by atomic mass is 28.4. The van der Waals surface area contributed by atoms with Gasteiger partial charge in [-0.15, -0.1) is 18.9 Å². The first-order valence-corrected chi connectivity index (χ1v) is 13.8. The van der Waals surface area contributed by atoms with Crippen LogP contribution in [0.3, 0.4) is 0 Å². The molecule has 0 spiro atoms. The second-order valence-electron chi connectivity index (χ2n) is 6.92. The van der Waals surface area contributed by atoms with Gasteiger partial charge < -0.3 is 0 Å². The van der Waals surface area contributed by atoms with E-state index >= 15 is 0 Å². The molecule has 0 radical (unpaired) electrons. The zero-order valence-corrected chi connectivity index (χ0v) is 15.9. The van der Waals surface area contributed by atoms with Crippen molar-refractivity contribution in [2.75, 3.05) is 0 Å². The van der Waals surface area contributed by atoms with Crippen LogP contribution in [-0.4, -0.2) is 16.1 Å². The van der Waals surface area contributed by atoms with E-state index in [2.05, 4.69) is 71.1 Å². The van der Waals surface area contributed by atoms with Gasteiger partial charge >= 0.3 is 0 Å². The minimum absolute atomic E-state index is 1.14. The summed E-state index contributed by atoms with van der Waals surface area (Å²) in [5.41, 5.74) is 5.09. The average molecular weight is 293 g/mol. The Morgan fingerprint density at radius 2 is 1.26 bits per heavy atom. The van der Waals surface area contributed by atoms with Crippen LogP contribution in [0.1, 0.15) is 26.7 Å². The molecule has 0 aromatic rings. The van der Waals surface area contributed by atoms with Gasteiger partial charge in [0, 0.05) is 0 Å². The lowest BCUT2D eigenvalue weighted by Gasteiger charge is -2.35. The summed E-state index contributed by atoms with van der Waals surface area (Å²) >= 11 is 0. The highest BCUT2D eigenvalue weighted by Crippen LogP contribution is 2.32. The van der Waals surface area contributed by atoms with E-state index in [9.17, 15) is 0 Å². The third-order valence-electron chi connectivity index (χ3n) is 3.68. The van der Waals surface area contributed by atoms with Crippen molar-refractivity contribution in [3.63, 3.8) is 0 Å². The summed E-state index contributed by atoms with van der Waals surface area (Å²) in [5, 5.41) is 0. The Balaban J connectivity index is 5.52. The zero-order valence-electron chi connectivity index (χ0n) is 13.9. The summed E-state index contributed by atoms with van der Waals surface area (Å²) in [7, 11) is -2.72. The molecule has 0 fully saturated rings. The van der Waals surface area contributed by atoms with E-state index in [1.165, 1.54) is 17.7 Å². The lowest BCUT2D eigenvalue weighted by molar-refractivity contribution is 1.15. The van der Waals surface area contributed by atoms with Crippen LogP contribution >= 0.6 is 0 Å². The number of hydrogen-bond acceptors (Lipinski definition) is 0. The fourth-order valence-electron chi connectivity index (χ4n) is 2.68. The van der Waals surface area contributed by atoms with Crippen LogP contribution in [-0.2, 0) is 0 Å². The lowest BCUT2D eigenvalue weighted by Crippen LogP contribution is -2.43. The van der Waals surface area contributed by atoms with Gasteiger partial charge in [-0.2, -0.15) is 0 Å². The largest absolute Gasteiger partial charge is 0.132 e. The third-order valence-corrected chi connectivity index (χ3v) is 13.8. The average Bonchev–Trinajstić information content (AvgIpc) is 2.30. The van der Waals surface area contributed by atoms with Crippen molar-refractivity contribution in [3.05, 3.63) is 41.4 Å². The van der Waals surface area contributed by atoms with E-state index < -0.39 is 16.1 Å². The minimum Gasteiger partial charge on any atom is -0.132 e. The van der Waals surface area contributed by atoms with Gasteiger partial charge in [0.1, 0.15) is 0 Å². The van der Waals surface area contributed by atoms with Crippen LogP contribution in [0.25, 0.3) is 0 Å². The third kappa shape index (κ3) is 6.42. The van der Waals surface area contributed by atoms with E-state index in [0.717, 1.165) is 12.8 Å². The maximum Gasteiger partial charge on any atom is 0.0806 e. The van der Waals surface area contributed by atoms with Gasteiger partial charge in [-0.25, -0.2) is 0 Å². The Morgan fingerprint density at radius 3 is 1.53 bits per heavy atom. The second-order valence-corrected chi connectivity index (χ2v) is 17.0. The molecule has 0 aliphatic heterocycles. The second kappa shape index (κ2) is 7.89. The van der Waals surface area contributed by atoms with E-state index in [1.807, 2.05) is 0 Å². The number of hydrogen-bond donors (Lipinski definition) is 0. The molecule has 0 aromatic heterocycles. The monoisotopic (exact) mass is 292 g/mol. The van der Waals surface area contributed by atoms with Gasteiger partial charge in [0.05, 0.1) is 16.1 Å². The molecule has 0 unspecified atom stereocenters. The molecule has 0 rings (SSSR count). The van der Waals surface area contributed by atoms with Crippen LogP contribution in [0.5, 0.6) is 0 Å². The molecule has 0 bridgehead atoms. The quantitative estimate of drug-likeness (QED) is 0.287. The number of allylic oxidation sites excluding steroid dienone is 3. The molecule has 0 amide bonds. The fraction of sp³-hybridized carbons (Fsp3) is 0.588. The van der Waals surface area contributed by atoms with Gasteiger partial charge in [0.15, 0.2) is 0 Å². The predicted octanol–water partition coefficient (Wildman–Crippen LogP) is 6.13. The maximum absolute atomic E-state index is 3.88. The standard InChI is InChI=1S/C17H32Si2/c1-9-11-13-18(5,6)17(15-16(3)4)19(7,8)14-12-10-2/h9-10H,1-2,11-14H2,3-8H3. The SMILES string of the molecule is C=CCC[Si](C)(C)C(=C=C(C)C)[Si](C)(C)CCC=C. The Hall–Kier alpha value is -0.566. The summed E-state index contributed by atoms with van der Waals surface area (Å²) in [4.78, 5) is 1.71. The Kier molecular flexibility index (Phi) is 7.65. The highest BCUT2D eigenvalue weighted by Gasteiger charge is 2.36. The minimum atomic E-state index is -1.36. The first-order chi connectivity index (χ1) is 8.67. The first kappa shape index (κ1) is 18.4. The Labute approximate surface area is 123 Å². The Morgan fingerprint density at radius 1 is 0.895 bits per heavy atom. The van der Waals surface area contributed by atoms with Gasteiger partial charge in [-0.3, -0.25) is 0 Å². The van der Waals surface area contributed by atoms with Crippen molar-refractivity contribution in [1.82, 2.24) is 0 Å². The molecule has 0 saturated heterocycles. The number of rotatable bonds is 8. The van der Waals surface area contributed by atoms with Crippen molar-refractivity contribution >= 4 is 16.1 Å². The van der Waals surface area contributed by atoms with Crippen LogP contribution in [0.4, 0.5) is 0 Å². The van der Waals surface area contributed by atoms with E-state index in [0.29, 0.717) is 0 Å². The molecular weight excluding hydrogens is 260 g/mol. The lowest BCUT2D eigenvalue weighted by atomic mass is 10.4. The topological polar surface area (TPSA) is 0 Å². The van der Waals surface area contributed by atoms with Gasteiger partial charge in [0.25, 0.3) is 0 Å². The van der Waals surface area contributed by atoms with Crippen molar-refractivity contribution < 1.29 is 0 Å². The predicted molar refractivity (Wildman–Crippen MR) is 96.1 cm³/mol. The summed E-state index contributed by atoms with van der Waals surface area (Å²) in [6, 6.07) is 2.60. The van der Waals surface area contributed by atoms with E-state index in [1.54, 1.807) is 4.82 Å². The fourth-order valence-corrected chi connectivity index (χ4v) is 14.3. The van der Waals surface area contributed by atoms with Crippen molar-refractivity contribution in [2.24, 2.45) is 0 Å². The summed E-state index contributed by atoms with van der Waals surface area (Å²) in [6.45, 7) is 22.1. The zero-order chi connectivity index (χ0) is 15.1. The summed E-state index contributed by atoms with van der Waals surface area (Å²) in [6.07, 6.45) is 6.40. The molecule has 0 saturated carbocycles. The highest BCUT2D eigenvalue weighted by molar-refractivity contribution is 7.05. The van der Waals surface area contributed by atoms with Crippen LogP contribution in [0, 0.1) is 0 Å².